The quantitative estimate of drug-likeness (QED) is 0.456. The molecule has 3 aromatic heterocycles. The summed E-state index contributed by atoms with van der Waals surface area (Å²) in [5.74, 6) is -0.260. The van der Waals surface area contributed by atoms with Crippen LogP contribution in [-0.2, 0) is 16.0 Å². The molecule has 2 amide bonds. The molecule has 3 N–H and O–H groups in total. The van der Waals surface area contributed by atoms with E-state index in [1.54, 1.807) is 6.20 Å². The molecular formula is C25H25N5O2. The maximum Gasteiger partial charge on any atom is 0.245 e. The van der Waals surface area contributed by atoms with Crippen LogP contribution in [0, 0.1) is 0 Å². The van der Waals surface area contributed by atoms with Gasteiger partial charge in [0.25, 0.3) is 0 Å². The topological polar surface area (TPSA) is 93.9 Å². The number of amides is 2. The lowest BCUT2D eigenvalue weighted by Gasteiger charge is -2.30. The molecule has 5 rings (SSSR count). The molecule has 0 bridgehead atoms. The summed E-state index contributed by atoms with van der Waals surface area (Å²) in [6, 6.07) is 11.4. The van der Waals surface area contributed by atoms with Crippen molar-refractivity contribution < 1.29 is 9.59 Å². The van der Waals surface area contributed by atoms with Crippen LogP contribution in [-0.4, -0.2) is 50.8 Å². The molecule has 0 saturated carbocycles. The van der Waals surface area contributed by atoms with Crippen molar-refractivity contribution in [1.29, 1.82) is 0 Å². The predicted octanol–water partition coefficient (Wildman–Crippen LogP) is 3.41. The molecule has 0 fully saturated rings. The second kappa shape index (κ2) is 8.34. The summed E-state index contributed by atoms with van der Waals surface area (Å²) in [5, 5.41) is 5.03. The number of carbonyl (C=O) groups is 2. The molecule has 162 valence electrons. The zero-order valence-corrected chi connectivity index (χ0v) is 17.9. The number of aromatic amines is 2. The SMILES string of the molecule is CC(=O)N[C@@H](Cc1c[nH]c2ccccc12)C(=O)N1CC=C(c2c[nH]c3ncccc23)CC1. The summed E-state index contributed by atoms with van der Waals surface area (Å²) >= 11 is 0. The molecule has 1 atom stereocenters. The monoisotopic (exact) mass is 427 g/mol. The maximum atomic E-state index is 13.4. The van der Waals surface area contributed by atoms with E-state index in [2.05, 4.69) is 32.4 Å². The highest BCUT2D eigenvalue weighted by atomic mass is 16.2. The van der Waals surface area contributed by atoms with Crippen LogP contribution in [0.3, 0.4) is 0 Å². The normalized spacial score (nSPS) is 15.0. The zero-order valence-electron chi connectivity index (χ0n) is 17.9. The minimum atomic E-state index is -0.598. The summed E-state index contributed by atoms with van der Waals surface area (Å²) in [7, 11) is 0. The van der Waals surface area contributed by atoms with Gasteiger partial charge in [0, 0.05) is 66.9 Å². The molecule has 4 aromatic rings. The number of carbonyl (C=O) groups excluding carboxylic acids is 2. The molecule has 0 spiro atoms. The third-order valence-electron chi connectivity index (χ3n) is 6.09. The molecule has 1 aliphatic rings. The number of benzene rings is 1. The number of aromatic nitrogens is 3. The van der Waals surface area contributed by atoms with Crippen LogP contribution in [0.5, 0.6) is 0 Å². The molecule has 0 aliphatic carbocycles. The van der Waals surface area contributed by atoms with Crippen molar-refractivity contribution in [2.75, 3.05) is 13.1 Å². The van der Waals surface area contributed by atoms with Gasteiger partial charge in [0.15, 0.2) is 0 Å². The fraction of sp³-hybridized carbons (Fsp3) is 0.240. The highest BCUT2D eigenvalue weighted by Gasteiger charge is 2.28. The highest BCUT2D eigenvalue weighted by Crippen LogP contribution is 2.29. The van der Waals surface area contributed by atoms with Crippen LogP contribution < -0.4 is 5.32 Å². The van der Waals surface area contributed by atoms with Crippen molar-refractivity contribution in [2.45, 2.75) is 25.8 Å². The van der Waals surface area contributed by atoms with Gasteiger partial charge in [0.05, 0.1) is 0 Å². The van der Waals surface area contributed by atoms with Gasteiger partial charge in [0.1, 0.15) is 11.7 Å². The third kappa shape index (κ3) is 3.77. The van der Waals surface area contributed by atoms with E-state index in [-0.39, 0.29) is 11.8 Å². The number of pyridine rings is 1. The van der Waals surface area contributed by atoms with Gasteiger partial charge in [-0.05, 0) is 35.8 Å². The Morgan fingerprint density at radius 1 is 1.12 bits per heavy atom. The minimum Gasteiger partial charge on any atom is -0.361 e. The van der Waals surface area contributed by atoms with Crippen LogP contribution in [0.25, 0.3) is 27.5 Å². The van der Waals surface area contributed by atoms with Crippen molar-refractivity contribution in [3.05, 3.63) is 72.2 Å². The number of H-pyrrole nitrogens is 2. The average molecular weight is 428 g/mol. The molecular weight excluding hydrogens is 402 g/mol. The van der Waals surface area contributed by atoms with E-state index in [9.17, 15) is 9.59 Å². The van der Waals surface area contributed by atoms with Gasteiger partial charge in [-0.25, -0.2) is 4.98 Å². The first-order valence-corrected chi connectivity index (χ1v) is 10.8. The first-order valence-electron chi connectivity index (χ1n) is 10.8. The highest BCUT2D eigenvalue weighted by molar-refractivity contribution is 5.92. The fourth-order valence-corrected chi connectivity index (χ4v) is 4.52. The number of para-hydroxylation sites is 1. The van der Waals surface area contributed by atoms with E-state index in [1.165, 1.54) is 12.5 Å². The van der Waals surface area contributed by atoms with Crippen LogP contribution in [0.15, 0.2) is 61.1 Å². The second-order valence-corrected chi connectivity index (χ2v) is 8.18. The van der Waals surface area contributed by atoms with Gasteiger partial charge < -0.3 is 20.2 Å². The summed E-state index contributed by atoms with van der Waals surface area (Å²) in [6.07, 6.45) is 8.99. The van der Waals surface area contributed by atoms with Crippen molar-refractivity contribution in [3.63, 3.8) is 0 Å². The average Bonchev–Trinajstić information content (AvgIpc) is 3.42. The molecule has 1 aromatic carbocycles. The van der Waals surface area contributed by atoms with E-state index < -0.39 is 6.04 Å². The summed E-state index contributed by atoms with van der Waals surface area (Å²) in [6.45, 7) is 2.58. The lowest BCUT2D eigenvalue weighted by atomic mass is 9.98. The van der Waals surface area contributed by atoms with Gasteiger partial charge >= 0.3 is 0 Å². The molecule has 0 saturated heterocycles. The largest absolute Gasteiger partial charge is 0.361 e. The third-order valence-corrected chi connectivity index (χ3v) is 6.09. The number of fused-ring (bicyclic) bond motifs is 2. The summed E-state index contributed by atoms with van der Waals surface area (Å²) < 4.78 is 0. The van der Waals surface area contributed by atoms with Gasteiger partial charge in [-0.2, -0.15) is 0 Å². The Morgan fingerprint density at radius 3 is 2.78 bits per heavy atom. The Morgan fingerprint density at radius 2 is 1.97 bits per heavy atom. The van der Waals surface area contributed by atoms with E-state index in [0.29, 0.717) is 19.5 Å². The fourth-order valence-electron chi connectivity index (χ4n) is 4.52. The van der Waals surface area contributed by atoms with Crippen LogP contribution in [0.1, 0.15) is 24.5 Å². The Kier molecular flexibility index (Phi) is 5.23. The van der Waals surface area contributed by atoms with Crippen LogP contribution >= 0.6 is 0 Å². The molecule has 32 heavy (non-hydrogen) atoms. The molecule has 4 heterocycles. The Balaban J connectivity index is 1.35. The van der Waals surface area contributed by atoms with Gasteiger partial charge in [-0.15, -0.1) is 0 Å². The lowest BCUT2D eigenvalue weighted by molar-refractivity contribution is -0.135. The number of hydrogen-bond acceptors (Lipinski definition) is 3. The predicted molar refractivity (Wildman–Crippen MR) is 125 cm³/mol. The van der Waals surface area contributed by atoms with E-state index in [0.717, 1.165) is 39.5 Å². The molecule has 1 aliphatic heterocycles. The van der Waals surface area contributed by atoms with Crippen molar-refractivity contribution in [3.8, 4) is 0 Å². The molecule has 0 unspecified atom stereocenters. The van der Waals surface area contributed by atoms with E-state index in [1.807, 2.05) is 47.6 Å². The molecule has 7 nitrogen and oxygen atoms in total. The Hall–Kier alpha value is -3.87. The Bertz CT molecular complexity index is 1330. The first kappa shape index (κ1) is 20.1. The maximum absolute atomic E-state index is 13.4. The number of nitrogens with zero attached hydrogens (tertiary/aromatic N) is 2. The van der Waals surface area contributed by atoms with Crippen molar-refractivity contribution in [1.82, 2.24) is 25.2 Å². The van der Waals surface area contributed by atoms with E-state index >= 15 is 0 Å². The standard InChI is InChI=1S/C25H25N5O2/c1-16(31)29-23(13-18-14-27-22-7-3-2-5-19(18)22)25(32)30-11-8-17(9-12-30)21-15-28-24-20(21)6-4-10-26-24/h2-8,10,14-15,23,27H,9,11-13H2,1H3,(H,26,28)(H,29,31)/t23-/m0/s1. The summed E-state index contributed by atoms with van der Waals surface area (Å²) in [4.78, 5) is 37.9. The van der Waals surface area contributed by atoms with Gasteiger partial charge in [0.2, 0.25) is 11.8 Å². The summed E-state index contributed by atoms with van der Waals surface area (Å²) in [5.41, 5.74) is 5.26. The number of nitrogens with one attached hydrogen (secondary N) is 3. The second-order valence-electron chi connectivity index (χ2n) is 8.18. The molecule has 0 radical (unpaired) electrons. The zero-order chi connectivity index (χ0) is 22.1. The number of rotatable bonds is 5. The van der Waals surface area contributed by atoms with Gasteiger partial charge in [-0.3, -0.25) is 9.59 Å². The molecule has 7 heteroatoms. The smallest absolute Gasteiger partial charge is 0.245 e. The Labute approximate surface area is 185 Å². The van der Waals surface area contributed by atoms with Crippen molar-refractivity contribution in [2.24, 2.45) is 0 Å². The first-order chi connectivity index (χ1) is 15.6. The van der Waals surface area contributed by atoms with Crippen molar-refractivity contribution >= 4 is 39.3 Å². The van der Waals surface area contributed by atoms with E-state index in [4.69, 9.17) is 0 Å². The van der Waals surface area contributed by atoms with Gasteiger partial charge in [-0.1, -0.05) is 24.3 Å². The number of hydrogen-bond donors (Lipinski definition) is 3. The van der Waals surface area contributed by atoms with Crippen LogP contribution in [0.2, 0.25) is 0 Å². The van der Waals surface area contributed by atoms with Crippen LogP contribution in [0.4, 0.5) is 0 Å². The minimum absolute atomic E-state index is 0.0543. The lowest BCUT2D eigenvalue weighted by Crippen LogP contribution is -2.50.